The van der Waals surface area contributed by atoms with Crippen molar-refractivity contribution in [3.63, 3.8) is 0 Å². The number of nitrogens with zero attached hydrogens (tertiary/aromatic N) is 4. The number of benzene rings is 1. The normalized spacial score (nSPS) is 18.5. The molecule has 3 heterocycles. The lowest BCUT2D eigenvalue weighted by atomic mass is 10.1. The third-order valence-electron chi connectivity index (χ3n) is 5.74. The first-order valence-electron chi connectivity index (χ1n) is 10.4. The summed E-state index contributed by atoms with van der Waals surface area (Å²) in [5.74, 6) is 1.73. The molecule has 1 amide bonds. The maximum atomic E-state index is 11.9. The topological polar surface area (TPSA) is 61.4 Å². The van der Waals surface area contributed by atoms with E-state index in [4.69, 9.17) is 9.97 Å². The van der Waals surface area contributed by atoms with Crippen molar-refractivity contribution >= 4 is 29.0 Å². The van der Waals surface area contributed by atoms with Gasteiger partial charge in [-0.2, -0.15) is 4.98 Å². The van der Waals surface area contributed by atoms with Gasteiger partial charge in [-0.15, -0.1) is 0 Å². The van der Waals surface area contributed by atoms with E-state index >= 15 is 0 Å². The summed E-state index contributed by atoms with van der Waals surface area (Å²) in [4.78, 5) is 25.7. The van der Waals surface area contributed by atoms with Crippen LogP contribution in [0.5, 0.6) is 0 Å². The Morgan fingerprint density at radius 2 is 2.11 bits per heavy atom. The number of carbonyl (C=O) groups excluding carboxylic acids is 1. The van der Waals surface area contributed by atoms with Gasteiger partial charge in [-0.05, 0) is 50.3 Å². The fourth-order valence-corrected chi connectivity index (χ4v) is 4.26. The van der Waals surface area contributed by atoms with Crippen LogP contribution >= 0.6 is 0 Å². The monoisotopic (exact) mass is 379 g/mol. The van der Waals surface area contributed by atoms with Gasteiger partial charge in [-0.1, -0.05) is 19.4 Å². The average Bonchev–Trinajstić information content (AvgIpc) is 3.27. The Morgan fingerprint density at radius 3 is 2.82 bits per heavy atom. The van der Waals surface area contributed by atoms with Crippen LogP contribution < -0.4 is 15.1 Å². The molecule has 2 aliphatic heterocycles. The first-order valence-corrected chi connectivity index (χ1v) is 10.4. The predicted molar refractivity (Wildman–Crippen MR) is 114 cm³/mol. The van der Waals surface area contributed by atoms with E-state index in [1.807, 2.05) is 11.0 Å². The molecular formula is C22H29N5O. The number of fused-ring (bicyclic) bond motifs is 1. The second-order valence-corrected chi connectivity index (χ2v) is 7.86. The average molecular weight is 380 g/mol. The van der Waals surface area contributed by atoms with Crippen molar-refractivity contribution in [1.29, 1.82) is 0 Å². The van der Waals surface area contributed by atoms with Crippen molar-refractivity contribution in [1.82, 2.24) is 9.97 Å². The molecule has 1 aromatic heterocycles. The maximum Gasteiger partial charge on any atom is 0.229 e. The Balaban J connectivity index is 1.63. The molecule has 148 valence electrons. The Kier molecular flexibility index (Phi) is 5.20. The number of rotatable bonds is 5. The minimum absolute atomic E-state index is 0.0856. The quantitative estimate of drug-likeness (QED) is 0.848. The van der Waals surface area contributed by atoms with E-state index in [0.717, 1.165) is 55.2 Å². The highest BCUT2D eigenvalue weighted by molar-refractivity contribution is 5.94. The van der Waals surface area contributed by atoms with Crippen molar-refractivity contribution in [2.75, 3.05) is 28.2 Å². The van der Waals surface area contributed by atoms with Crippen LogP contribution in [-0.2, 0) is 17.6 Å². The number of amides is 1. The van der Waals surface area contributed by atoms with Gasteiger partial charge < -0.3 is 15.1 Å². The molecule has 4 rings (SSSR count). The lowest BCUT2D eigenvalue weighted by Gasteiger charge is -2.23. The zero-order chi connectivity index (χ0) is 19.7. The van der Waals surface area contributed by atoms with E-state index in [0.29, 0.717) is 12.0 Å². The van der Waals surface area contributed by atoms with E-state index in [1.54, 1.807) is 6.92 Å². The smallest absolute Gasteiger partial charge is 0.229 e. The molecule has 0 saturated carbocycles. The third-order valence-corrected chi connectivity index (χ3v) is 5.74. The van der Waals surface area contributed by atoms with Crippen molar-refractivity contribution < 1.29 is 4.79 Å². The Bertz CT molecular complexity index is 881. The minimum atomic E-state index is 0.0856. The summed E-state index contributed by atoms with van der Waals surface area (Å²) < 4.78 is 0. The summed E-state index contributed by atoms with van der Waals surface area (Å²) in [6.07, 6.45) is 5.32. The zero-order valence-corrected chi connectivity index (χ0v) is 17.0. The van der Waals surface area contributed by atoms with Crippen LogP contribution in [-0.4, -0.2) is 35.0 Å². The molecule has 2 aromatic rings. The van der Waals surface area contributed by atoms with E-state index in [1.165, 1.54) is 18.4 Å². The van der Waals surface area contributed by atoms with Gasteiger partial charge in [0, 0.05) is 49.2 Å². The molecule has 6 heteroatoms. The summed E-state index contributed by atoms with van der Waals surface area (Å²) in [5.41, 5.74) is 4.20. The highest BCUT2D eigenvalue weighted by Gasteiger charge is 2.24. The minimum Gasteiger partial charge on any atom is -0.354 e. The van der Waals surface area contributed by atoms with Crippen LogP contribution in [0.1, 0.15) is 51.3 Å². The number of carbonyl (C=O) groups is 1. The molecule has 0 spiro atoms. The summed E-state index contributed by atoms with van der Waals surface area (Å²) in [5, 5.41) is 3.38. The fraction of sp³-hybridized carbons (Fsp3) is 0.500. The number of nitrogens with one attached hydrogen (secondary N) is 1. The molecule has 1 atom stereocenters. The SMILES string of the molecule is CCCc1cc(N2CCC[C@H]2C)nc(Nc2ccc3c(c2)N(C(C)=O)CC3)n1. The summed E-state index contributed by atoms with van der Waals surface area (Å²) >= 11 is 0. The van der Waals surface area contributed by atoms with Gasteiger partial charge in [0.05, 0.1) is 0 Å². The van der Waals surface area contributed by atoms with E-state index in [9.17, 15) is 4.79 Å². The summed E-state index contributed by atoms with van der Waals surface area (Å²) in [6, 6.07) is 8.84. The van der Waals surface area contributed by atoms with Crippen molar-refractivity contribution in [3.8, 4) is 0 Å². The van der Waals surface area contributed by atoms with Gasteiger partial charge >= 0.3 is 0 Å². The van der Waals surface area contributed by atoms with Crippen LogP contribution in [0.25, 0.3) is 0 Å². The lowest BCUT2D eigenvalue weighted by molar-refractivity contribution is -0.116. The molecule has 0 radical (unpaired) electrons. The maximum absolute atomic E-state index is 11.9. The van der Waals surface area contributed by atoms with Crippen molar-refractivity contribution in [3.05, 3.63) is 35.5 Å². The molecule has 28 heavy (non-hydrogen) atoms. The second-order valence-electron chi connectivity index (χ2n) is 7.86. The Labute approximate surface area is 167 Å². The van der Waals surface area contributed by atoms with Crippen LogP contribution in [0.3, 0.4) is 0 Å². The molecule has 2 aliphatic rings. The summed E-state index contributed by atoms with van der Waals surface area (Å²) in [7, 11) is 0. The van der Waals surface area contributed by atoms with Crippen LogP contribution in [0.15, 0.2) is 24.3 Å². The molecule has 1 saturated heterocycles. The number of aromatic nitrogens is 2. The molecule has 0 aliphatic carbocycles. The van der Waals surface area contributed by atoms with Gasteiger partial charge in [-0.25, -0.2) is 4.98 Å². The summed E-state index contributed by atoms with van der Waals surface area (Å²) in [6.45, 7) is 7.86. The first-order chi connectivity index (χ1) is 13.5. The highest BCUT2D eigenvalue weighted by atomic mass is 16.2. The predicted octanol–water partition coefficient (Wildman–Crippen LogP) is 4.07. The van der Waals surface area contributed by atoms with Gasteiger partial charge in [0.2, 0.25) is 11.9 Å². The van der Waals surface area contributed by atoms with E-state index in [-0.39, 0.29) is 5.91 Å². The lowest BCUT2D eigenvalue weighted by Crippen LogP contribution is -2.27. The van der Waals surface area contributed by atoms with Crippen molar-refractivity contribution in [2.45, 2.75) is 58.9 Å². The molecule has 0 unspecified atom stereocenters. The third kappa shape index (κ3) is 3.68. The van der Waals surface area contributed by atoms with Crippen molar-refractivity contribution in [2.24, 2.45) is 0 Å². The fourth-order valence-electron chi connectivity index (χ4n) is 4.26. The van der Waals surface area contributed by atoms with E-state index in [2.05, 4.69) is 42.3 Å². The number of anilines is 4. The first kappa shape index (κ1) is 18.7. The standard InChI is InChI=1S/C22H29N5O/c1-4-6-18-14-21(26-11-5-7-15(26)2)25-22(23-18)24-19-9-8-17-10-12-27(16(3)28)20(17)13-19/h8-9,13-15H,4-7,10-12H2,1-3H3,(H,23,24,25)/t15-/m1/s1. The molecule has 1 N–H and O–H groups in total. The number of aryl methyl sites for hydroxylation is 1. The van der Waals surface area contributed by atoms with Crippen LogP contribution in [0.2, 0.25) is 0 Å². The molecule has 0 bridgehead atoms. The molecule has 6 nitrogen and oxygen atoms in total. The molecular weight excluding hydrogens is 350 g/mol. The Hall–Kier alpha value is -2.63. The van der Waals surface area contributed by atoms with Gasteiger partial charge in [0.15, 0.2) is 0 Å². The van der Waals surface area contributed by atoms with Crippen LogP contribution in [0.4, 0.5) is 23.1 Å². The highest BCUT2D eigenvalue weighted by Crippen LogP contribution is 2.32. The van der Waals surface area contributed by atoms with Crippen LogP contribution in [0, 0.1) is 0 Å². The molecule has 1 fully saturated rings. The second kappa shape index (κ2) is 7.78. The number of hydrogen-bond donors (Lipinski definition) is 1. The number of hydrogen-bond acceptors (Lipinski definition) is 5. The largest absolute Gasteiger partial charge is 0.354 e. The van der Waals surface area contributed by atoms with E-state index < -0.39 is 0 Å². The molecule has 1 aromatic carbocycles. The van der Waals surface area contributed by atoms with Gasteiger partial charge in [0.25, 0.3) is 0 Å². The van der Waals surface area contributed by atoms with Gasteiger partial charge in [-0.3, -0.25) is 4.79 Å². The Morgan fingerprint density at radius 1 is 1.25 bits per heavy atom. The zero-order valence-electron chi connectivity index (χ0n) is 17.0. The van der Waals surface area contributed by atoms with Gasteiger partial charge in [0.1, 0.15) is 5.82 Å².